The van der Waals surface area contributed by atoms with Crippen molar-refractivity contribution in [2.75, 3.05) is 0 Å². The van der Waals surface area contributed by atoms with Crippen LogP contribution in [0.3, 0.4) is 0 Å². The van der Waals surface area contributed by atoms with E-state index >= 15 is 0 Å². The van der Waals surface area contributed by atoms with Gasteiger partial charge in [-0.2, -0.15) is 0 Å². The van der Waals surface area contributed by atoms with Crippen molar-refractivity contribution in [3.8, 4) is 0 Å². The SMILES string of the molecule is C1C[C]2[Se]C2C1. The molecule has 1 unspecified atom stereocenters. The average molecular weight is 146 g/mol. The van der Waals surface area contributed by atoms with Gasteiger partial charge in [-0.3, -0.25) is 0 Å². The van der Waals surface area contributed by atoms with Crippen LogP contribution < -0.4 is 0 Å². The van der Waals surface area contributed by atoms with E-state index in [1.54, 1.807) is 6.42 Å². The zero-order chi connectivity index (χ0) is 3.98. The molecule has 1 radical (unpaired) electrons. The van der Waals surface area contributed by atoms with Crippen molar-refractivity contribution in [2.45, 2.75) is 24.1 Å². The Morgan fingerprint density at radius 1 is 1.67 bits per heavy atom. The van der Waals surface area contributed by atoms with Crippen LogP contribution in [0.2, 0.25) is 4.82 Å². The third kappa shape index (κ3) is 0.357. The first-order valence-corrected chi connectivity index (χ1v) is 4.34. The summed E-state index contributed by atoms with van der Waals surface area (Å²) in [5.74, 6) is 0. The molecule has 1 aliphatic heterocycles. The van der Waals surface area contributed by atoms with E-state index < -0.39 is 0 Å². The zero-order valence-electron chi connectivity index (χ0n) is 3.61. The molecule has 1 heterocycles. The summed E-state index contributed by atoms with van der Waals surface area (Å²) in [6, 6.07) is 0. The molecule has 0 aromatic rings. The van der Waals surface area contributed by atoms with Crippen molar-refractivity contribution < 1.29 is 0 Å². The van der Waals surface area contributed by atoms with Gasteiger partial charge in [0.05, 0.1) is 0 Å². The minimum atomic E-state index is 1.05. The van der Waals surface area contributed by atoms with Crippen LogP contribution in [0.15, 0.2) is 0 Å². The molecule has 1 atom stereocenters. The molecule has 0 amide bonds. The molecule has 0 aromatic carbocycles. The Hall–Kier alpha value is 0.519. The van der Waals surface area contributed by atoms with Crippen molar-refractivity contribution in [1.82, 2.24) is 0 Å². The van der Waals surface area contributed by atoms with Crippen LogP contribution in [0.1, 0.15) is 19.3 Å². The second-order valence-corrected chi connectivity index (χ2v) is 4.75. The predicted molar refractivity (Wildman–Crippen MR) is 26.6 cm³/mol. The Morgan fingerprint density at radius 2 is 2.67 bits per heavy atom. The molecule has 2 fully saturated rings. The molecule has 0 N–H and O–H groups in total. The van der Waals surface area contributed by atoms with Gasteiger partial charge < -0.3 is 0 Å². The molecule has 0 nitrogen and oxygen atoms in total. The molecule has 1 aliphatic carbocycles. The quantitative estimate of drug-likeness (QED) is 0.450. The summed E-state index contributed by atoms with van der Waals surface area (Å²) in [5, 5.41) is 0. The van der Waals surface area contributed by atoms with Crippen molar-refractivity contribution in [3.63, 3.8) is 0 Å². The second-order valence-electron chi connectivity index (χ2n) is 1.97. The summed E-state index contributed by atoms with van der Waals surface area (Å²) in [6.07, 6.45) is 4.57. The Morgan fingerprint density at radius 3 is 2.83 bits per heavy atom. The van der Waals surface area contributed by atoms with Gasteiger partial charge in [-0.25, -0.2) is 0 Å². The van der Waals surface area contributed by atoms with Crippen molar-refractivity contribution in [2.24, 2.45) is 0 Å². The fraction of sp³-hybridized carbons (Fsp3) is 0.800. The van der Waals surface area contributed by atoms with Crippen molar-refractivity contribution in [3.05, 3.63) is 4.82 Å². The van der Waals surface area contributed by atoms with Gasteiger partial charge in [0.15, 0.2) is 0 Å². The van der Waals surface area contributed by atoms with Gasteiger partial charge in [0.2, 0.25) is 0 Å². The molecule has 1 saturated heterocycles. The van der Waals surface area contributed by atoms with Gasteiger partial charge in [-0.05, 0) is 0 Å². The van der Waals surface area contributed by atoms with Crippen molar-refractivity contribution >= 4 is 15.0 Å². The van der Waals surface area contributed by atoms with Crippen LogP contribution in [0.5, 0.6) is 0 Å². The molecule has 33 valence electrons. The van der Waals surface area contributed by atoms with Gasteiger partial charge in [0.25, 0.3) is 0 Å². The van der Waals surface area contributed by atoms with E-state index in [1.165, 1.54) is 17.7 Å². The van der Waals surface area contributed by atoms with E-state index in [0.29, 0.717) is 0 Å². The Balaban J connectivity index is 2.09. The van der Waals surface area contributed by atoms with Crippen LogP contribution in [0, 0.1) is 4.82 Å². The van der Waals surface area contributed by atoms with Crippen LogP contribution in [0.25, 0.3) is 0 Å². The molecule has 1 saturated carbocycles. The topological polar surface area (TPSA) is 0 Å². The Labute approximate surface area is 44.5 Å². The van der Waals surface area contributed by atoms with Crippen LogP contribution >= 0.6 is 0 Å². The van der Waals surface area contributed by atoms with Crippen molar-refractivity contribution in [1.29, 1.82) is 0 Å². The molecular weight excluding hydrogens is 139 g/mol. The first-order chi connectivity index (χ1) is 2.97. The number of hydrogen-bond donors (Lipinski definition) is 0. The summed E-state index contributed by atoms with van der Waals surface area (Å²) in [4.78, 5) is 3.12. The van der Waals surface area contributed by atoms with Crippen LogP contribution in [0.4, 0.5) is 0 Å². The van der Waals surface area contributed by atoms with E-state index in [4.69, 9.17) is 0 Å². The summed E-state index contributed by atoms with van der Waals surface area (Å²) in [7, 11) is 0. The first-order valence-electron chi connectivity index (χ1n) is 2.49. The first kappa shape index (κ1) is 3.51. The van der Waals surface area contributed by atoms with Gasteiger partial charge in [0, 0.05) is 0 Å². The standard InChI is InChI=1S/C5H7Se/c1-2-4-5(3-1)6-4/h4H,1-3H2. The maximum absolute atomic E-state index is 1.93. The van der Waals surface area contributed by atoms with E-state index in [1.807, 2.05) is 4.82 Å². The number of fused-ring (bicyclic) bond motifs is 1. The molecular formula is C5H7Se. The van der Waals surface area contributed by atoms with E-state index in [9.17, 15) is 0 Å². The third-order valence-electron chi connectivity index (χ3n) is 1.49. The monoisotopic (exact) mass is 147 g/mol. The number of hydrogen-bond acceptors (Lipinski definition) is 0. The predicted octanol–water partition coefficient (Wildman–Crippen LogP) is 1.21. The second kappa shape index (κ2) is 1.02. The van der Waals surface area contributed by atoms with Gasteiger partial charge in [0.1, 0.15) is 0 Å². The molecule has 0 aromatic heterocycles. The van der Waals surface area contributed by atoms with Gasteiger partial charge in [-0.1, -0.05) is 0 Å². The molecule has 2 aliphatic rings. The zero-order valence-corrected chi connectivity index (χ0v) is 5.32. The number of rotatable bonds is 0. The van der Waals surface area contributed by atoms with E-state index in [0.717, 1.165) is 15.0 Å². The summed E-state index contributed by atoms with van der Waals surface area (Å²) < 4.78 is 0. The molecule has 0 bridgehead atoms. The van der Waals surface area contributed by atoms with Gasteiger partial charge >= 0.3 is 43.9 Å². The van der Waals surface area contributed by atoms with Crippen LogP contribution in [-0.4, -0.2) is 15.0 Å². The van der Waals surface area contributed by atoms with Gasteiger partial charge in [-0.15, -0.1) is 0 Å². The molecule has 2 rings (SSSR count). The Kier molecular flexibility index (Phi) is 0.596. The summed E-state index contributed by atoms with van der Waals surface area (Å²) >= 11 is 1.05. The molecule has 6 heavy (non-hydrogen) atoms. The fourth-order valence-electron chi connectivity index (χ4n) is 1.05. The van der Waals surface area contributed by atoms with Crippen LogP contribution in [-0.2, 0) is 0 Å². The summed E-state index contributed by atoms with van der Waals surface area (Å²) in [6.45, 7) is 0. The third-order valence-corrected chi connectivity index (χ3v) is 4.30. The summed E-state index contributed by atoms with van der Waals surface area (Å²) in [5.41, 5.74) is 0. The normalized spacial score (nSPS) is 43.0. The molecule has 0 spiro atoms. The fourth-order valence-corrected chi connectivity index (χ4v) is 3.32. The average Bonchev–Trinajstić information content (AvgIpc) is 2.17. The maximum atomic E-state index is 1.93. The van der Waals surface area contributed by atoms with E-state index in [2.05, 4.69) is 0 Å². The van der Waals surface area contributed by atoms with E-state index in [-0.39, 0.29) is 0 Å². The minimum absolute atomic E-state index is 1.05. The Bertz CT molecular complexity index is 62.3. The molecule has 1 heteroatoms.